The Morgan fingerprint density at radius 1 is 1.15 bits per heavy atom. The number of benzene rings is 2. The summed E-state index contributed by atoms with van der Waals surface area (Å²) in [7, 11) is 0. The summed E-state index contributed by atoms with van der Waals surface area (Å²) in [6.45, 7) is 8.33. The third kappa shape index (κ3) is 6.51. The maximum Gasteiger partial charge on any atom is 0.243 e. The molecule has 0 aliphatic carbocycles. The summed E-state index contributed by atoms with van der Waals surface area (Å²) in [6, 6.07) is 14.8. The lowest BCUT2D eigenvalue weighted by molar-refractivity contribution is -0.114. The fourth-order valence-electron chi connectivity index (χ4n) is 2.17. The molecule has 0 radical (unpaired) electrons. The van der Waals surface area contributed by atoms with Gasteiger partial charge in [0.05, 0.1) is 12.6 Å². The molecule has 5 heteroatoms. The molecule has 0 aromatic heterocycles. The smallest absolute Gasteiger partial charge is 0.243 e. The minimum atomic E-state index is -0.127. The first-order chi connectivity index (χ1) is 12.6. The van der Waals surface area contributed by atoms with Crippen molar-refractivity contribution < 1.29 is 14.3 Å². The molecule has 5 nitrogen and oxygen atoms in total. The molecule has 0 heterocycles. The van der Waals surface area contributed by atoms with Gasteiger partial charge in [-0.2, -0.15) is 0 Å². The first kappa shape index (κ1) is 19.4. The van der Waals surface area contributed by atoms with Crippen LogP contribution in [0.4, 0.5) is 11.4 Å². The Balaban J connectivity index is 1.82. The maximum atomic E-state index is 12.1. The van der Waals surface area contributed by atoms with Crippen LogP contribution in [-0.4, -0.2) is 25.2 Å². The van der Waals surface area contributed by atoms with Gasteiger partial charge in [-0.05, 0) is 49.7 Å². The maximum absolute atomic E-state index is 12.1. The highest BCUT2D eigenvalue weighted by atomic mass is 16.5. The van der Waals surface area contributed by atoms with Crippen LogP contribution in [0, 0.1) is 0 Å². The molecule has 1 amide bonds. The fourth-order valence-corrected chi connectivity index (χ4v) is 2.17. The van der Waals surface area contributed by atoms with E-state index in [0.717, 1.165) is 29.3 Å². The molecule has 1 atom stereocenters. The summed E-state index contributed by atoms with van der Waals surface area (Å²) in [6.07, 6.45) is 2.81. The topological polar surface area (TPSA) is 59.6 Å². The van der Waals surface area contributed by atoms with Gasteiger partial charge in [0.1, 0.15) is 18.1 Å². The number of carbonyl (C=O) groups is 1. The average Bonchev–Trinajstić information content (AvgIpc) is 2.66. The van der Waals surface area contributed by atoms with Crippen LogP contribution < -0.4 is 20.1 Å². The molecule has 138 valence electrons. The normalized spacial score (nSPS) is 11.3. The number of ether oxygens (including phenoxy) is 2. The predicted octanol–water partition coefficient (Wildman–Crippen LogP) is 4.48. The highest BCUT2D eigenvalue weighted by Crippen LogP contribution is 2.19. The van der Waals surface area contributed by atoms with Gasteiger partial charge >= 0.3 is 0 Å². The number of carbonyl (C=O) groups excluding carboxylic acids is 1. The zero-order chi connectivity index (χ0) is 18.8. The monoisotopic (exact) mass is 354 g/mol. The van der Waals surface area contributed by atoms with Crippen LogP contribution in [0.15, 0.2) is 61.2 Å². The van der Waals surface area contributed by atoms with Gasteiger partial charge in [-0.25, -0.2) is 0 Å². The molecule has 2 aromatic rings. The van der Waals surface area contributed by atoms with Crippen LogP contribution in [0.2, 0.25) is 0 Å². The van der Waals surface area contributed by atoms with E-state index in [2.05, 4.69) is 24.1 Å². The Labute approximate surface area is 155 Å². The Morgan fingerprint density at radius 3 is 2.62 bits per heavy atom. The lowest BCUT2D eigenvalue weighted by atomic mass is 10.2. The van der Waals surface area contributed by atoms with E-state index in [1.807, 2.05) is 55.5 Å². The summed E-state index contributed by atoms with van der Waals surface area (Å²) in [4.78, 5) is 12.1. The number of anilines is 2. The summed E-state index contributed by atoms with van der Waals surface area (Å²) in [5.74, 6) is 1.40. The Kier molecular flexibility index (Phi) is 7.55. The predicted molar refractivity (Wildman–Crippen MR) is 106 cm³/mol. The van der Waals surface area contributed by atoms with Crippen LogP contribution in [0.3, 0.4) is 0 Å². The minimum absolute atomic E-state index is 0.127. The van der Waals surface area contributed by atoms with E-state index in [-0.39, 0.29) is 18.6 Å². The number of hydrogen-bond acceptors (Lipinski definition) is 4. The molecule has 0 aliphatic rings. The first-order valence-corrected chi connectivity index (χ1v) is 8.75. The van der Waals surface area contributed by atoms with Gasteiger partial charge in [-0.15, -0.1) is 0 Å². The second-order valence-electron chi connectivity index (χ2n) is 5.89. The van der Waals surface area contributed by atoms with Crippen molar-refractivity contribution in [3.05, 3.63) is 61.2 Å². The molecule has 0 aliphatic heterocycles. The lowest BCUT2D eigenvalue weighted by Crippen LogP contribution is -2.21. The van der Waals surface area contributed by atoms with Crippen molar-refractivity contribution >= 4 is 17.3 Å². The van der Waals surface area contributed by atoms with Crippen molar-refractivity contribution in [2.45, 2.75) is 26.4 Å². The van der Waals surface area contributed by atoms with Crippen molar-refractivity contribution in [3.63, 3.8) is 0 Å². The van der Waals surface area contributed by atoms with E-state index in [0.29, 0.717) is 6.61 Å². The highest BCUT2D eigenvalue weighted by Gasteiger charge is 2.05. The molecular formula is C21H26N2O3. The quantitative estimate of drug-likeness (QED) is 0.618. The Hall–Kier alpha value is -2.95. The van der Waals surface area contributed by atoms with E-state index < -0.39 is 0 Å². The largest absolute Gasteiger partial charge is 0.491 e. The molecule has 0 saturated heterocycles. The van der Waals surface area contributed by atoms with Crippen LogP contribution in [0.25, 0.3) is 0 Å². The third-order valence-electron chi connectivity index (χ3n) is 3.71. The highest BCUT2D eigenvalue weighted by molar-refractivity contribution is 5.93. The molecule has 2 rings (SSSR count). The molecular weight excluding hydrogens is 328 g/mol. The van der Waals surface area contributed by atoms with E-state index in [9.17, 15) is 4.79 Å². The fraction of sp³-hybridized carbons (Fsp3) is 0.286. The van der Waals surface area contributed by atoms with E-state index in [1.54, 1.807) is 6.08 Å². The van der Waals surface area contributed by atoms with Gasteiger partial charge in [0, 0.05) is 17.4 Å². The standard InChI is InChI=1S/C21H26N2O3/c1-4-13-25-20-8-6-7-18(14-20)22-15-21(24)23-17-9-11-19(12-10-17)26-16(3)5-2/h4,6-12,14,16,22H,1,5,13,15H2,2-3H3,(H,23,24). The molecule has 0 saturated carbocycles. The molecule has 0 spiro atoms. The van der Waals surface area contributed by atoms with Crippen molar-refractivity contribution in [3.8, 4) is 11.5 Å². The molecule has 2 N–H and O–H groups in total. The zero-order valence-electron chi connectivity index (χ0n) is 15.3. The minimum Gasteiger partial charge on any atom is -0.491 e. The van der Waals surface area contributed by atoms with Crippen molar-refractivity contribution in [2.24, 2.45) is 0 Å². The summed E-state index contributed by atoms with van der Waals surface area (Å²) < 4.78 is 11.2. The summed E-state index contributed by atoms with van der Waals surface area (Å²) >= 11 is 0. The van der Waals surface area contributed by atoms with Crippen LogP contribution in [-0.2, 0) is 4.79 Å². The second kappa shape index (κ2) is 10.1. The van der Waals surface area contributed by atoms with Gasteiger partial charge in [0.15, 0.2) is 0 Å². The Morgan fingerprint density at radius 2 is 1.92 bits per heavy atom. The van der Waals surface area contributed by atoms with Crippen LogP contribution in [0.5, 0.6) is 11.5 Å². The lowest BCUT2D eigenvalue weighted by Gasteiger charge is -2.13. The number of hydrogen-bond donors (Lipinski definition) is 2. The van der Waals surface area contributed by atoms with Crippen molar-refractivity contribution in [1.82, 2.24) is 0 Å². The number of nitrogens with one attached hydrogen (secondary N) is 2. The van der Waals surface area contributed by atoms with Gasteiger partial charge in [0.25, 0.3) is 0 Å². The van der Waals surface area contributed by atoms with Gasteiger partial charge in [-0.3, -0.25) is 4.79 Å². The first-order valence-electron chi connectivity index (χ1n) is 8.75. The molecule has 1 unspecified atom stereocenters. The van der Waals surface area contributed by atoms with Crippen molar-refractivity contribution in [2.75, 3.05) is 23.8 Å². The zero-order valence-corrected chi connectivity index (χ0v) is 15.3. The van der Waals surface area contributed by atoms with Crippen LogP contribution in [0.1, 0.15) is 20.3 Å². The van der Waals surface area contributed by atoms with E-state index in [1.165, 1.54) is 0 Å². The van der Waals surface area contributed by atoms with Gasteiger partial charge in [0.2, 0.25) is 5.91 Å². The summed E-state index contributed by atoms with van der Waals surface area (Å²) in [5.41, 5.74) is 1.55. The third-order valence-corrected chi connectivity index (χ3v) is 3.71. The number of amides is 1. The van der Waals surface area contributed by atoms with E-state index >= 15 is 0 Å². The van der Waals surface area contributed by atoms with E-state index in [4.69, 9.17) is 9.47 Å². The molecule has 26 heavy (non-hydrogen) atoms. The molecule has 0 fully saturated rings. The molecule has 0 bridgehead atoms. The second-order valence-corrected chi connectivity index (χ2v) is 5.89. The van der Waals surface area contributed by atoms with Gasteiger partial charge < -0.3 is 20.1 Å². The Bertz CT molecular complexity index is 713. The average molecular weight is 354 g/mol. The van der Waals surface area contributed by atoms with Gasteiger partial charge in [-0.1, -0.05) is 25.6 Å². The van der Waals surface area contributed by atoms with Crippen molar-refractivity contribution in [1.29, 1.82) is 0 Å². The molecule has 2 aromatic carbocycles. The number of rotatable bonds is 10. The SMILES string of the molecule is C=CCOc1cccc(NCC(=O)Nc2ccc(OC(C)CC)cc2)c1. The van der Waals surface area contributed by atoms with Crippen LogP contribution >= 0.6 is 0 Å². The summed E-state index contributed by atoms with van der Waals surface area (Å²) in [5, 5.41) is 5.94.